The van der Waals surface area contributed by atoms with Gasteiger partial charge in [0, 0.05) is 31.8 Å². The molecule has 2 heterocycles. The molecule has 0 amide bonds. The fourth-order valence-electron chi connectivity index (χ4n) is 1.38. The molecule has 0 unspecified atom stereocenters. The Morgan fingerprint density at radius 2 is 2.27 bits per heavy atom. The van der Waals surface area contributed by atoms with Crippen LogP contribution in [0, 0.1) is 0 Å². The molecule has 15 heavy (non-hydrogen) atoms. The molecule has 0 saturated carbocycles. The van der Waals surface area contributed by atoms with E-state index >= 15 is 0 Å². The Kier molecular flexibility index (Phi) is 2.62. The second-order valence-corrected chi connectivity index (χ2v) is 3.40. The largest absolute Gasteiger partial charge is 0.338 e. The molecule has 0 bridgehead atoms. The van der Waals surface area contributed by atoms with E-state index in [-0.39, 0.29) is 5.78 Å². The maximum Gasteiger partial charge on any atom is 0.160 e. The Morgan fingerprint density at radius 3 is 2.87 bits per heavy atom. The number of carbonyl (C=O) groups excluding carboxylic acids is 1. The van der Waals surface area contributed by atoms with Crippen LogP contribution in [-0.2, 0) is 24.8 Å². The molecule has 0 spiro atoms. The summed E-state index contributed by atoms with van der Waals surface area (Å²) in [5, 5.41) is 0. The molecule has 0 aliphatic carbocycles. The number of aromatic nitrogens is 4. The highest BCUT2D eigenvalue weighted by Gasteiger charge is 2.07. The van der Waals surface area contributed by atoms with Gasteiger partial charge in [-0.2, -0.15) is 0 Å². The van der Waals surface area contributed by atoms with E-state index in [9.17, 15) is 4.79 Å². The van der Waals surface area contributed by atoms with Crippen LogP contribution in [0.4, 0.5) is 0 Å². The molecule has 5 nitrogen and oxygen atoms in total. The van der Waals surface area contributed by atoms with E-state index in [1.54, 1.807) is 29.5 Å². The van der Waals surface area contributed by atoms with Crippen molar-refractivity contribution in [2.75, 3.05) is 0 Å². The Balaban J connectivity index is 1.96. The summed E-state index contributed by atoms with van der Waals surface area (Å²) in [5.41, 5.74) is 0. The SMILES string of the molecule is Cn1ccnc1CC(=O)Cn1ccnc1. The number of aryl methyl sites for hydroxylation is 1. The van der Waals surface area contributed by atoms with E-state index in [1.165, 1.54) is 0 Å². The van der Waals surface area contributed by atoms with Crippen molar-refractivity contribution >= 4 is 5.78 Å². The van der Waals surface area contributed by atoms with Crippen LogP contribution < -0.4 is 0 Å². The van der Waals surface area contributed by atoms with Crippen molar-refractivity contribution in [3.63, 3.8) is 0 Å². The van der Waals surface area contributed by atoms with Crippen molar-refractivity contribution in [3.8, 4) is 0 Å². The minimum atomic E-state index is 0.127. The lowest BCUT2D eigenvalue weighted by atomic mass is 10.2. The minimum Gasteiger partial charge on any atom is -0.338 e. The van der Waals surface area contributed by atoms with E-state index in [0.717, 1.165) is 5.82 Å². The van der Waals surface area contributed by atoms with Gasteiger partial charge in [0.1, 0.15) is 5.82 Å². The van der Waals surface area contributed by atoms with E-state index in [1.807, 2.05) is 17.8 Å². The molecule has 2 rings (SSSR count). The van der Waals surface area contributed by atoms with Gasteiger partial charge in [0.15, 0.2) is 5.78 Å². The summed E-state index contributed by atoms with van der Waals surface area (Å²) >= 11 is 0. The Morgan fingerprint density at radius 1 is 1.40 bits per heavy atom. The molecule has 0 aromatic carbocycles. The molecule has 0 fully saturated rings. The minimum absolute atomic E-state index is 0.127. The Bertz CT molecular complexity index is 444. The highest BCUT2D eigenvalue weighted by Crippen LogP contribution is 1.98. The van der Waals surface area contributed by atoms with Crippen molar-refractivity contribution in [2.24, 2.45) is 7.05 Å². The summed E-state index contributed by atoms with van der Waals surface area (Å²) in [6.07, 6.45) is 8.96. The lowest BCUT2D eigenvalue weighted by molar-refractivity contribution is -0.119. The molecule has 0 N–H and O–H groups in total. The lowest BCUT2D eigenvalue weighted by Gasteiger charge is -2.02. The molecule has 78 valence electrons. The normalized spacial score (nSPS) is 10.5. The first-order chi connectivity index (χ1) is 7.25. The van der Waals surface area contributed by atoms with Crippen LogP contribution in [0.2, 0.25) is 0 Å². The van der Waals surface area contributed by atoms with Crippen molar-refractivity contribution in [3.05, 3.63) is 36.9 Å². The van der Waals surface area contributed by atoms with Crippen LogP contribution in [0.25, 0.3) is 0 Å². The van der Waals surface area contributed by atoms with E-state index in [4.69, 9.17) is 0 Å². The third-order valence-corrected chi connectivity index (χ3v) is 2.19. The van der Waals surface area contributed by atoms with Gasteiger partial charge in [0.2, 0.25) is 0 Å². The fourth-order valence-corrected chi connectivity index (χ4v) is 1.38. The van der Waals surface area contributed by atoms with Crippen LogP contribution in [0.3, 0.4) is 0 Å². The highest BCUT2D eigenvalue weighted by atomic mass is 16.1. The van der Waals surface area contributed by atoms with Crippen molar-refractivity contribution in [2.45, 2.75) is 13.0 Å². The number of hydrogen-bond donors (Lipinski definition) is 0. The van der Waals surface area contributed by atoms with Crippen LogP contribution in [0.1, 0.15) is 5.82 Å². The number of Topliss-reactive ketones (excluding diaryl/α,β-unsaturated/α-hetero) is 1. The van der Waals surface area contributed by atoms with Gasteiger partial charge in [-0.1, -0.05) is 0 Å². The summed E-state index contributed by atoms with van der Waals surface area (Å²) < 4.78 is 3.61. The molecule has 0 saturated heterocycles. The molecule has 0 aliphatic rings. The van der Waals surface area contributed by atoms with Gasteiger partial charge in [-0.05, 0) is 0 Å². The summed E-state index contributed by atoms with van der Waals surface area (Å²) in [6.45, 7) is 0.354. The predicted octanol–water partition coefficient (Wildman–Crippen LogP) is 0.428. The second-order valence-electron chi connectivity index (χ2n) is 3.40. The molecule has 0 aliphatic heterocycles. The molecular formula is C10H12N4O. The van der Waals surface area contributed by atoms with Crippen molar-refractivity contribution < 1.29 is 4.79 Å². The van der Waals surface area contributed by atoms with Gasteiger partial charge in [-0.15, -0.1) is 0 Å². The van der Waals surface area contributed by atoms with Gasteiger partial charge in [0.25, 0.3) is 0 Å². The first kappa shape index (κ1) is 9.64. The highest BCUT2D eigenvalue weighted by molar-refractivity contribution is 5.79. The number of hydrogen-bond acceptors (Lipinski definition) is 3. The molecular weight excluding hydrogens is 192 g/mol. The summed E-state index contributed by atoms with van der Waals surface area (Å²) in [7, 11) is 1.88. The zero-order valence-corrected chi connectivity index (χ0v) is 8.50. The maximum absolute atomic E-state index is 11.6. The van der Waals surface area contributed by atoms with Gasteiger partial charge in [0.05, 0.1) is 19.3 Å². The maximum atomic E-state index is 11.6. The second kappa shape index (κ2) is 4.08. The monoisotopic (exact) mass is 204 g/mol. The zero-order chi connectivity index (χ0) is 10.7. The lowest BCUT2D eigenvalue weighted by Crippen LogP contribution is -2.13. The van der Waals surface area contributed by atoms with Gasteiger partial charge in [-0.25, -0.2) is 9.97 Å². The average Bonchev–Trinajstić information content (AvgIpc) is 2.79. The molecule has 0 radical (unpaired) electrons. The standard InChI is InChI=1S/C10H12N4O/c1-13-4-3-12-10(13)6-9(15)7-14-5-2-11-8-14/h2-5,8H,6-7H2,1H3. The molecule has 0 atom stereocenters. The number of nitrogens with zero attached hydrogens (tertiary/aromatic N) is 4. The molecule has 2 aromatic rings. The van der Waals surface area contributed by atoms with E-state index in [0.29, 0.717) is 13.0 Å². The summed E-state index contributed by atoms with van der Waals surface area (Å²) in [6, 6.07) is 0. The summed E-state index contributed by atoms with van der Waals surface area (Å²) in [4.78, 5) is 19.6. The van der Waals surface area contributed by atoms with Crippen LogP contribution in [0.15, 0.2) is 31.1 Å². The predicted molar refractivity (Wildman–Crippen MR) is 54.1 cm³/mol. The van der Waals surface area contributed by atoms with Crippen LogP contribution in [0.5, 0.6) is 0 Å². The third-order valence-electron chi connectivity index (χ3n) is 2.19. The quantitative estimate of drug-likeness (QED) is 0.725. The molecule has 2 aromatic heterocycles. The first-order valence-corrected chi connectivity index (χ1v) is 4.69. The fraction of sp³-hybridized carbons (Fsp3) is 0.300. The number of carbonyl (C=O) groups is 1. The Hall–Kier alpha value is -1.91. The smallest absolute Gasteiger partial charge is 0.160 e. The van der Waals surface area contributed by atoms with E-state index in [2.05, 4.69) is 9.97 Å². The zero-order valence-electron chi connectivity index (χ0n) is 8.50. The van der Waals surface area contributed by atoms with Gasteiger partial charge >= 0.3 is 0 Å². The average molecular weight is 204 g/mol. The number of rotatable bonds is 4. The topological polar surface area (TPSA) is 52.7 Å². The van der Waals surface area contributed by atoms with Crippen LogP contribution in [-0.4, -0.2) is 24.9 Å². The van der Waals surface area contributed by atoms with Gasteiger partial charge < -0.3 is 9.13 Å². The number of ketones is 1. The van der Waals surface area contributed by atoms with Gasteiger partial charge in [-0.3, -0.25) is 4.79 Å². The van der Waals surface area contributed by atoms with Crippen molar-refractivity contribution in [1.82, 2.24) is 19.1 Å². The first-order valence-electron chi connectivity index (χ1n) is 4.69. The van der Waals surface area contributed by atoms with Crippen LogP contribution >= 0.6 is 0 Å². The van der Waals surface area contributed by atoms with Crippen molar-refractivity contribution in [1.29, 1.82) is 0 Å². The summed E-state index contributed by atoms with van der Waals surface area (Å²) in [5.74, 6) is 0.919. The number of imidazole rings is 2. The van der Waals surface area contributed by atoms with E-state index < -0.39 is 0 Å². The Labute approximate surface area is 87.4 Å². The molecule has 5 heteroatoms. The third kappa shape index (κ3) is 2.31.